The highest BCUT2D eigenvalue weighted by Crippen LogP contribution is 2.23. The van der Waals surface area contributed by atoms with Crippen LogP contribution in [0.3, 0.4) is 0 Å². The summed E-state index contributed by atoms with van der Waals surface area (Å²) in [6.45, 7) is 2.04. The summed E-state index contributed by atoms with van der Waals surface area (Å²) in [4.78, 5) is 10.8. The van der Waals surface area contributed by atoms with Crippen molar-refractivity contribution in [2.45, 2.75) is 12.1 Å². The van der Waals surface area contributed by atoms with Gasteiger partial charge in [-0.25, -0.2) is 4.68 Å². The minimum atomic E-state index is -0.0521. The first-order valence-corrected chi connectivity index (χ1v) is 7.32. The van der Waals surface area contributed by atoms with E-state index in [1.165, 1.54) is 23.4 Å². The number of rotatable bonds is 6. The molecule has 0 radical (unpaired) electrons. The van der Waals surface area contributed by atoms with Crippen molar-refractivity contribution in [1.29, 1.82) is 0 Å². The van der Waals surface area contributed by atoms with Crippen molar-refractivity contribution in [2.75, 3.05) is 25.3 Å². The topological polar surface area (TPSA) is 95.1 Å². The number of aromatic nitrogens is 3. The number of hydrogen-bond donors (Lipinski definition) is 2. The van der Waals surface area contributed by atoms with Crippen LogP contribution in [0.5, 0.6) is 5.75 Å². The monoisotopic (exact) mass is 307 g/mol. The van der Waals surface area contributed by atoms with E-state index in [1.807, 2.05) is 24.3 Å². The average molecular weight is 307 g/mol. The number of carbonyl (C=O) groups excluding carboxylic acids is 1. The van der Waals surface area contributed by atoms with E-state index in [2.05, 4.69) is 15.5 Å². The van der Waals surface area contributed by atoms with Gasteiger partial charge in [-0.3, -0.25) is 4.79 Å². The van der Waals surface area contributed by atoms with E-state index >= 15 is 0 Å². The van der Waals surface area contributed by atoms with Gasteiger partial charge >= 0.3 is 0 Å². The molecule has 0 fully saturated rings. The number of amides is 1. The fourth-order valence-electron chi connectivity index (χ4n) is 1.68. The second-order valence-corrected chi connectivity index (χ2v) is 5.30. The predicted octanol–water partition coefficient (Wildman–Crippen LogP) is 0.896. The smallest absolute Gasteiger partial charge is 0.216 e. The number of nitrogens with one attached hydrogen (secondary N) is 1. The zero-order valence-electron chi connectivity index (χ0n) is 11.9. The molecule has 0 aliphatic heterocycles. The Morgan fingerprint density at radius 1 is 1.38 bits per heavy atom. The molecule has 112 valence electrons. The van der Waals surface area contributed by atoms with Gasteiger partial charge in [0.15, 0.2) is 5.82 Å². The third kappa shape index (κ3) is 3.88. The zero-order chi connectivity index (χ0) is 15.2. The Kier molecular flexibility index (Phi) is 5.04. The molecule has 0 aliphatic carbocycles. The van der Waals surface area contributed by atoms with E-state index < -0.39 is 0 Å². The van der Waals surface area contributed by atoms with Crippen molar-refractivity contribution in [3.8, 4) is 17.1 Å². The molecule has 7 nitrogen and oxygen atoms in total. The molecule has 8 heteroatoms. The van der Waals surface area contributed by atoms with Gasteiger partial charge in [0.05, 0.1) is 7.11 Å². The normalized spacial score (nSPS) is 10.4. The standard InChI is InChI=1S/C13H17N5O2S/c1-9(19)15-7-8-21-13-17-16-12(18(13)14)10-3-5-11(20-2)6-4-10/h3-6H,7-8,14H2,1-2H3,(H,15,19). The lowest BCUT2D eigenvalue weighted by molar-refractivity contribution is -0.118. The fraction of sp³-hybridized carbons (Fsp3) is 0.308. The maximum Gasteiger partial charge on any atom is 0.216 e. The summed E-state index contributed by atoms with van der Waals surface area (Å²) < 4.78 is 6.56. The van der Waals surface area contributed by atoms with Gasteiger partial charge in [-0.05, 0) is 24.3 Å². The number of benzene rings is 1. The molecule has 0 aliphatic rings. The molecular formula is C13H17N5O2S. The SMILES string of the molecule is COc1ccc(-c2nnc(SCCNC(C)=O)n2N)cc1. The van der Waals surface area contributed by atoms with Crippen molar-refractivity contribution in [1.82, 2.24) is 20.2 Å². The maximum absolute atomic E-state index is 10.8. The maximum atomic E-state index is 10.8. The van der Waals surface area contributed by atoms with Crippen LogP contribution in [0.25, 0.3) is 11.4 Å². The number of nitrogens with two attached hydrogens (primary N) is 1. The number of ether oxygens (including phenoxy) is 1. The van der Waals surface area contributed by atoms with Gasteiger partial charge < -0.3 is 15.9 Å². The van der Waals surface area contributed by atoms with Crippen LogP contribution in [0.15, 0.2) is 29.4 Å². The molecule has 1 heterocycles. The van der Waals surface area contributed by atoms with Crippen molar-refractivity contribution in [3.63, 3.8) is 0 Å². The first-order chi connectivity index (χ1) is 10.1. The van der Waals surface area contributed by atoms with Gasteiger partial charge in [-0.2, -0.15) is 0 Å². The van der Waals surface area contributed by atoms with E-state index in [4.69, 9.17) is 10.6 Å². The highest BCUT2D eigenvalue weighted by atomic mass is 32.2. The van der Waals surface area contributed by atoms with E-state index in [0.29, 0.717) is 23.3 Å². The number of nitrogen functional groups attached to an aromatic ring is 1. The highest BCUT2D eigenvalue weighted by molar-refractivity contribution is 7.99. The third-order valence-electron chi connectivity index (χ3n) is 2.72. The quantitative estimate of drug-likeness (QED) is 0.468. The van der Waals surface area contributed by atoms with Gasteiger partial charge in [0, 0.05) is 24.8 Å². The van der Waals surface area contributed by atoms with Crippen molar-refractivity contribution in [2.24, 2.45) is 0 Å². The summed E-state index contributed by atoms with van der Waals surface area (Å²) in [5, 5.41) is 11.5. The molecule has 1 aromatic heterocycles. The molecule has 1 aromatic carbocycles. The van der Waals surface area contributed by atoms with Crippen LogP contribution in [-0.2, 0) is 4.79 Å². The number of methoxy groups -OCH3 is 1. The van der Waals surface area contributed by atoms with Crippen LogP contribution >= 0.6 is 11.8 Å². The van der Waals surface area contributed by atoms with Crippen LogP contribution < -0.4 is 15.9 Å². The van der Waals surface area contributed by atoms with Crippen LogP contribution in [0.4, 0.5) is 0 Å². The molecule has 21 heavy (non-hydrogen) atoms. The Bertz CT molecular complexity index is 612. The Morgan fingerprint density at radius 2 is 2.10 bits per heavy atom. The summed E-state index contributed by atoms with van der Waals surface area (Å²) in [6, 6.07) is 7.43. The average Bonchev–Trinajstić information content (AvgIpc) is 2.85. The Balaban J connectivity index is 2.03. The lowest BCUT2D eigenvalue weighted by Crippen LogP contribution is -2.22. The van der Waals surface area contributed by atoms with Crippen molar-refractivity contribution < 1.29 is 9.53 Å². The highest BCUT2D eigenvalue weighted by Gasteiger charge is 2.12. The molecule has 0 saturated heterocycles. The molecule has 0 unspecified atom stereocenters. The number of nitrogens with zero attached hydrogens (tertiary/aromatic N) is 3. The summed E-state index contributed by atoms with van der Waals surface area (Å²) in [6.07, 6.45) is 0. The Morgan fingerprint density at radius 3 is 2.71 bits per heavy atom. The van der Waals surface area contributed by atoms with E-state index in [0.717, 1.165) is 11.3 Å². The summed E-state index contributed by atoms with van der Waals surface area (Å²) >= 11 is 1.44. The number of thioether (sulfide) groups is 1. The second kappa shape index (κ2) is 6.98. The van der Waals surface area contributed by atoms with Crippen LogP contribution in [0.1, 0.15) is 6.92 Å². The second-order valence-electron chi connectivity index (χ2n) is 4.24. The minimum absolute atomic E-state index is 0.0521. The molecule has 0 saturated carbocycles. The van der Waals surface area contributed by atoms with Crippen molar-refractivity contribution in [3.05, 3.63) is 24.3 Å². The fourth-order valence-corrected chi connectivity index (χ4v) is 2.39. The van der Waals surface area contributed by atoms with Gasteiger partial charge in [-0.15, -0.1) is 10.2 Å². The van der Waals surface area contributed by atoms with E-state index in [-0.39, 0.29) is 5.91 Å². The Hall–Kier alpha value is -2.22. The predicted molar refractivity (Wildman–Crippen MR) is 81.6 cm³/mol. The number of carbonyl (C=O) groups is 1. The molecule has 0 atom stereocenters. The third-order valence-corrected chi connectivity index (χ3v) is 3.66. The van der Waals surface area contributed by atoms with Crippen LogP contribution in [0.2, 0.25) is 0 Å². The van der Waals surface area contributed by atoms with Gasteiger partial charge in [-0.1, -0.05) is 11.8 Å². The van der Waals surface area contributed by atoms with E-state index in [9.17, 15) is 4.79 Å². The molecule has 0 bridgehead atoms. The van der Waals surface area contributed by atoms with Gasteiger partial charge in [0.2, 0.25) is 11.1 Å². The van der Waals surface area contributed by atoms with Crippen LogP contribution in [-0.4, -0.2) is 40.2 Å². The minimum Gasteiger partial charge on any atom is -0.497 e. The molecule has 1 amide bonds. The Labute approximate surface area is 126 Å². The zero-order valence-corrected chi connectivity index (χ0v) is 12.7. The number of hydrogen-bond acceptors (Lipinski definition) is 6. The first-order valence-electron chi connectivity index (χ1n) is 6.34. The molecule has 3 N–H and O–H groups in total. The molecule has 0 spiro atoms. The van der Waals surface area contributed by atoms with Crippen molar-refractivity contribution >= 4 is 17.7 Å². The van der Waals surface area contributed by atoms with Gasteiger partial charge in [0.25, 0.3) is 0 Å². The first kappa shape index (κ1) is 15.2. The van der Waals surface area contributed by atoms with Gasteiger partial charge in [0.1, 0.15) is 5.75 Å². The lowest BCUT2D eigenvalue weighted by Gasteiger charge is -2.05. The van der Waals surface area contributed by atoms with E-state index in [1.54, 1.807) is 7.11 Å². The summed E-state index contributed by atoms with van der Waals surface area (Å²) in [5.41, 5.74) is 0.861. The summed E-state index contributed by atoms with van der Waals surface area (Å²) in [7, 11) is 1.62. The van der Waals surface area contributed by atoms with Crippen LogP contribution in [0, 0.1) is 0 Å². The molecular weight excluding hydrogens is 290 g/mol. The summed E-state index contributed by atoms with van der Waals surface area (Å²) in [5.74, 6) is 7.98. The molecule has 2 aromatic rings. The molecule has 2 rings (SSSR count). The largest absolute Gasteiger partial charge is 0.497 e. The lowest BCUT2D eigenvalue weighted by atomic mass is 10.2.